The molecule has 0 aliphatic heterocycles. The number of rotatable bonds is 2. The molecule has 0 saturated heterocycles. The number of nitrogens with one attached hydrogen (secondary N) is 1. The fourth-order valence-electron chi connectivity index (χ4n) is 1.34. The van der Waals surface area contributed by atoms with Gasteiger partial charge >= 0.3 is 5.97 Å². The Morgan fingerprint density at radius 2 is 1.88 bits per heavy atom. The number of nitrogens with zero attached hydrogens (tertiary/aromatic N) is 1. The van der Waals surface area contributed by atoms with Crippen LogP contribution in [0.15, 0.2) is 41.3 Å². The van der Waals surface area contributed by atoms with E-state index in [0.717, 1.165) is 5.56 Å². The van der Waals surface area contributed by atoms with Crippen molar-refractivity contribution < 1.29 is 9.90 Å². The second-order valence-corrected chi connectivity index (χ2v) is 3.22. The van der Waals surface area contributed by atoms with Gasteiger partial charge in [-0.15, -0.1) is 0 Å². The average molecular weight is 216 g/mol. The average Bonchev–Trinajstić information content (AvgIpc) is 2.29. The Morgan fingerprint density at radius 1 is 1.19 bits per heavy atom. The van der Waals surface area contributed by atoms with Gasteiger partial charge in [-0.25, -0.2) is 9.89 Å². The number of hydrogen-bond acceptors (Lipinski definition) is 3. The number of carbonyl (C=O) groups is 1. The van der Waals surface area contributed by atoms with Crippen molar-refractivity contribution in [3.8, 4) is 11.1 Å². The monoisotopic (exact) mass is 216 g/mol. The van der Waals surface area contributed by atoms with Crippen LogP contribution >= 0.6 is 0 Å². The summed E-state index contributed by atoms with van der Waals surface area (Å²) in [6.07, 6.45) is 1.51. The van der Waals surface area contributed by atoms with E-state index in [9.17, 15) is 9.59 Å². The summed E-state index contributed by atoms with van der Waals surface area (Å²) in [6, 6.07) is 7.65. The summed E-state index contributed by atoms with van der Waals surface area (Å²) in [5.41, 5.74) is 1.32. The van der Waals surface area contributed by atoms with Crippen LogP contribution in [-0.4, -0.2) is 21.3 Å². The van der Waals surface area contributed by atoms with E-state index < -0.39 is 5.97 Å². The van der Waals surface area contributed by atoms with Crippen LogP contribution in [0.2, 0.25) is 0 Å². The molecule has 0 radical (unpaired) electrons. The topological polar surface area (TPSA) is 83.0 Å². The minimum Gasteiger partial charge on any atom is -0.478 e. The van der Waals surface area contributed by atoms with Crippen LogP contribution in [0.3, 0.4) is 0 Å². The molecule has 5 nitrogen and oxygen atoms in total. The van der Waals surface area contributed by atoms with Crippen molar-refractivity contribution in [1.29, 1.82) is 0 Å². The van der Waals surface area contributed by atoms with Gasteiger partial charge < -0.3 is 5.11 Å². The first kappa shape index (κ1) is 10.1. The van der Waals surface area contributed by atoms with Gasteiger partial charge in [0.25, 0.3) is 5.56 Å². The van der Waals surface area contributed by atoms with E-state index in [-0.39, 0.29) is 11.1 Å². The molecule has 0 amide bonds. The SMILES string of the molecule is O=C(O)c1ccc(-c2cn[nH]c(=O)c2)cc1. The summed E-state index contributed by atoms with van der Waals surface area (Å²) in [4.78, 5) is 21.7. The van der Waals surface area contributed by atoms with Gasteiger partial charge in [0.2, 0.25) is 0 Å². The molecule has 0 bridgehead atoms. The summed E-state index contributed by atoms with van der Waals surface area (Å²) < 4.78 is 0. The van der Waals surface area contributed by atoms with E-state index in [1.54, 1.807) is 12.1 Å². The van der Waals surface area contributed by atoms with Crippen LogP contribution in [0.4, 0.5) is 0 Å². The predicted octanol–water partition coefficient (Wildman–Crippen LogP) is 1.14. The van der Waals surface area contributed by atoms with Gasteiger partial charge in [0.05, 0.1) is 11.8 Å². The lowest BCUT2D eigenvalue weighted by atomic mass is 10.1. The van der Waals surface area contributed by atoms with E-state index in [2.05, 4.69) is 10.2 Å². The number of benzene rings is 1. The highest BCUT2D eigenvalue weighted by molar-refractivity contribution is 5.88. The molecule has 2 rings (SSSR count). The van der Waals surface area contributed by atoms with Gasteiger partial charge in [0, 0.05) is 11.6 Å². The van der Waals surface area contributed by atoms with Crippen LogP contribution in [0.5, 0.6) is 0 Å². The van der Waals surface area contributed by atoms with Crippen molar-refractivity contribution >= 4 is 5.97 Å². The molecule has 1 aromatic heterocycles. The molecule has 16 heavy (non-hydrogen) atoms. The van der Waals surface area contributed by atoms with Crippen molar-refractivity contribution in [1.82, 2.24) is 10.2 Å². The highest BCUT2D eigenvalue weighted by Crippen LogP contribution is 2.16. The highest BCUT2D eigenvalue weighted by atomic mass is 16.4. The minimum atomic E-state index is -0.976. The van der Waals surface area contributed by atoms with Crippen molar-refractivity contribution in [2.45, 2.75) is 0 Å². The maximum atomic E-state index is 11.0. The van der Waals surface area contributed by atoms with Crippen molar-refractivity contribution in [2.24, 2.45) is 0 Å². The lowest BCUT2D eigenvalue weighted by molar-refractivity contribution is 0.0697. The zero-order chi connectivity index (χ0) is 11.5. The first-order valence-electron chi connectivity index (χ1n) is 4.55. The number of H-pyrrole nitrogens is 1. The van der Waals surface area contributed by atoms with Gasteiger partial charge in [-0.3, -0.25) is 4.79 Å². The molecule has 0 aliphatic carbocycles. The first-order valence-corrected chi connectivity index (χ1v) is 4.55. The highest BCUT2D eigenvalue weighted by Gasteiger charge is 2.03. The molecule has 0 aliphatic rings. The van der Waals surface area contributed by atoms with Crippen molar-refractivity contribution in [3.05, 3.63) is 52.4 Å². The molecule has 1 heterocycles. The van der Waals surface area contributed by atoms with E-state index >= 15 is 0 Å². The molecular weight excluding hydrogens is 208 g/mol. The summed E-state index contributed by atoms with van der Waals surface area (Å²) in [6.45, 7) is 0. The standard InChI is InChI=1S/C11H8N2O3/c14-10-5-9(6-12-13-10)7-1-3-8(4-2-7)11(15)16/h1-6H,(H,13,14)(H,15,16). The summed E-state index contributed by atoms with van der Waals surface area (Å²) in [7, 11) is 0. The van der Waals surface area contributed by atoms with Gasteiger partial charge in [-0.2, -0.15) is 5.10 Å². The number of hydrogen-bond donors (Lipinski definition) is 2. The van der Waals surface area contributed by atoms with Gasteiger partial charge in [-0.05, 0) is 17.7 Å². The quantitative estimate of drug-likeness (QED) is 0.788. The molecule has 0 spiro atoms. The molecule has 0 saturated carbocycles. The van der Waals surface area contributed by atoms with E-state index in [1.165, 1.54) is 24.4 Å². The summed E-state index contributed by atoms with van der Waals surface area (Å²) >= 11 is 0. The molecule has 2 N–H and O–H groups in total. The molecule has 5 heteroatoms. The van der Waals surface area contributed by atoms with E-state index in [4.69, 9.17) is 5.11 Å². The Bertz CT molecular complexity index is 572. The number of carboxylic acid groups (broad SMARTS) is 1. The summed E-state index contributed by atoms with van der Waals surface area (Å²) in [5, 5.41) is 14.7. The van der Waals surface area contributed by atoms with Gasteiger partial charge in [0.1, 0.15) is 0 Å². The zero-order valence-corrected chi connectivity index (χ0v) is 8.18. The molecule has 1 aromatic carbocycles. The van der Waals surface area contributed by atoms with Crippen LogP contribution in [0, 0.1) is 0 Å². The second-order valence-electron chi connectivity index (χ2n) is 3.22. The van der Waals surface area contributed by atoms with E-state index in [1.807, 2.05) is 0 Å². The second kappa shape index (κ2) is 3.98. The summed E-state index contributed by atoms with van der Waals surface area (Å²) in [5.74, 6) is -0.976. The molecule has 80 valence electrons. The maximum absolute atomic E-state index is 11.0. The Balaban J connectivity index is 2.42. The third-order valence-electron chi connectivity index (χ3n) is 2.13. The van der Waals surface area contributed by atoms with Crippen molar-refractivity contribution in [3.63, 3.8) is 0 Å². The minimum absolute atomic E-state index is 0.210. The normalized spacial score (nSPS) is 10.0. The van der Waals surface area contributed by atoms with Gasteiger partial charge in [0.15, 0.2) is 0 Å². The fourth-order valence-corrected chi connectivity index (χ4v) is 1.34. The fraction of sp³-hybridized carbons (Fsp3) is 0. The first-order chi connectivity index (χ1) is 7.66. The largest absolute Gasteiger partial charge is 0.478 e. The Morgan fingerprint density at radius 3 is 2.44 bits per heavy atom. The zero-order valence-electron chi connectivity index (χ0n) is 8.18. The molecular formula is C11H8N2O3. The third-order valence-corrected chi connectivity index (χ3v) is 2.13. The number of aromatic carboxylic acids is 1. The Hall–Kier alpha value is -2.43. The van der Waals surface area contributed by atoms with Crippen LogP contribution in [0.1, 0.15) is 10.4 Å². The van der Waals surface area contributed by atoms with Crippen LogP contribution < -0.4 is 5.56 Å². The Kier molecular flexibility index (Phi) is 2.51. The number of aromatic nitrogens is 2. The van der Waals surface area contributed by atoms with Gasteiger partial charge in [-0.1, -0.05) is 12.1 Å². The smallest absolute Gasteiger partial charge is 0.335 e. The van der Waals surface area contributed by atoms with Crippen LogP contribution in [-0.2, 0) is 0 Å². The van der Waals surface area contributed by atoms with E-state index in [0.29, 0.717) is 5.56 Å². The maximum Gasteiger partial charge on any atom is 0.335 e. The molecule has 2 aromatic rings. The van der Waals surface area contributed by atoms with Crippen molar-refractivity contribution in [2.75, 3.05) is 0 Å². The Labute approximate surface area is 90.4 Å². The lowest BCUT2D eigenvalue weighted by Gasteiger charge is -2.00. The molecule has 0 fully saturated rings. The molecule has 0 unspecified atom stereocenters. The predicted molar refractivity (Wildman–Crippen MR) is 57.3 cm³/mol. The number of aromatic amines is 1. The number of carboxylic acids is 1. The van der Waals surface area contributed by atoms with Crippen LogP contribution in [0.25, 0.3) is 11.1 Å². The third kappa shape index (κ3) is 1.98. The lowest BCUT2D eigenvalue weighted by Crippen LogP contribution is -2.05. The molecule has 0 atom stereocenters.